The second-order valence-corrected chi connectivity index (χ2v) is 8.73. The smallest absolute Gasteiger partial charge is 0.253 e. The van der Waals surface area contributed by atoms with E-state index in [1.165, 1.54) is 32.3 Å². The number of halogens is 1. The number of hydrogen-bond donors (Lipinski definition) is 0. The molecule has 0 spiro atoms. The molecule has 0 saturated heterocycles. The van der Waals surface area contributed by atoms with Crippen LogP contribution in [0.25, 0.3) is 0 Å². The monoisotopic (exact) mass is 372 g/mol. The molecule has 124 valence electrons. The van der Waals surface area contributed by atoms with E-state index >= 15 is 0 Å². The number of amides is 1. The van der Waals surface area contributed by atoms with Crippen LogP contribution in [0.2, 0.25) is 5.02 Å². The van der Waals surface area contributed by atoms with Crippen molar-refractivity contribution < 1.29 is 13.2 Å². The van der Waals surface area contributed by atoms with Crippen molar-refractivity contribution in [2.45, 2.75) is 11.4 Å². The Hall–Kier alpha value is -1.41. The number of sulfonamides is 1. The Balaban J connectivity index is 2.32. The second-order valence-electron chi connectivity index (χ2n) is 5.17. The van der Waals surface area contributed by atoms with Crippen molar-refractivity contribution >= 4 is 38.9 Å². The number of thiophene rings is 1. The number of carbonyl (C=O) groups excluding carboxylic acids is 1. The van der Waals surface area contributed by atoms with Crippen LogP contribution in [0.1, 0.15) is 15.2 Å². The summed E-state index contributed by atoms with van der Waals surface area (Å²) in [4.78, 5) is 15.0. The summed E-state index contributed by atoms with van der Waals surface area (Å²) >= 11 is 7.56. The van der Waals surface area contributed by atoms with E-state index in [0.717, 1.165) is 9.18 Å². The van der Waals surface area contributed by atoms with Gasteiger partial charge in [-0.3, -0.25) is 4.79 Å². The summed E-state index contributed by atoms with van der Waals surface area (Å²) in [5.41, 5.74) is 0.286. The van der Waals surface area contributed by atoms with Crippen LogP contribution in [0.3, 0.4) is 0 Å². The molecule has 5 nitrogen and oxygen atoms in total. The molecular formula is C15H17ClN2O3S2. The average molecular weight is 373 g/mol. The Morgan fingerprint density at radius 3 is 2.48 bits per heavy atom. The summed E-state index contributed by atoms with van der Waals surface area (Å²) in [6, 6.07) is 8.15. The maximum absolute atomic E-state index is 12.5. The van der Waals surface area contributed by atoms with E-state index < -0.39 is 10.0 Å². The molecule has 0 saturated carbocycles. The number of carbonyl (C=O) groups is 1. The Bertz CT molecular complexity index is 802. The van der Waals surface area contributed by atoms with Crippen LogP contribution < -0.4 is 0 Å². The summed E-state index contributed by atoms with van der Waals surface area (Å²) < 4.78 is 25.6. The number of nitrogens with zero attached hydrogens (tertiary/aromatic N) is 2. The van der Waals surface area contributed by atoms with E-state index in [4.69, 9.17) is 11.6 Å². The molecule has 2 rings (SSSR count). The highest BCUT2D eigenvalue weighted by molar-refractivity contribution is 7.89. The van der Waals surface area contributed by atoms with E-state index in [-0.39, 0.29) is 21.4 Å². The fourth-order valence-corrected chi connectivity index (χ4v) is 4.11. The second kappa shape index (κ2) is 7.00. The Morgan fingerprint density at radius 1 is 1.22 bits per heavy atom. The Labute approximate surface area is 145 Å². The first kappa shape index (κ1) is 17.9. The molecule has 2 aromatic rings. The highest BCUT2D eigenvalue weighted by Crippen LogP contribution is 2.25. The molecule has 0 aliphatic carbocycles. The van der Waals surface area contributed by atoms with Gasteiger partial charge in [0, 0.05) is 31.6 Å². The lowest BCUT2D eigenvalue weighted by atomic mass is 10.2. The minimum atomic E-state index is -3.71. The van der Waals surface area contributed by atoms with Gasteiger partial charge in [0.15, 0.2) is 0 Å². The van der Waals surface area contributed by atoms with E-state index in [1.54, 1.807) is 23.3 Å². The van der Waals surface area contributed by atoms with Gasteiger partial charge in [-0.05, 0) is 29.6 Å². The standard InChI is InChI=1S/C15H17ClN2O3S2/c1-17(2)23(20,21)14-9-11(6-7-13(14)16)15(19)18(3)10-12-5-4-8-22-12/h4-9H,10H2,1-3H3. The Morgan fingerprint density at radius 2 is 1.91 bits per heavy atom. The highest BCUT2D eigenvalue weighted by Gasteiger charge is 2.23. The van der Waals surface area contributed by atoms with Gasteiger partial charge in [-0.15, -0.1) is 11.3 Å². The summed E-state index contributed by atoms with van der Waals surface area (Å²) in [6.45, 7) is 0.467. The van der Waals surface area contributed by atoms with Gasteiger partial charge in [-0.1, -0.05) is 17.7 Å². The molecule has 8 heteroatoms. The molecule has 0 atom stereocenters. The van der Waals surface area contributed by atoms with Crippen molar-refractivity contribution in [1.29, 1.82) is 0 Å². The number of hydrogen-bond acceptors (Lipinski definition) is 4. The first-order valence-corrected chi connectivity index (χ1v) is 9.43. The SMILES string of the molecule is CN(Cc1cccs1)C(=O)c1ccc(Cl)c(S(=O)(=O)N(C)C)c1. The van der Waals surface area contributed by atoms with Gasteiger partial charge < -0.3 is 4.90 Å². The molecule has 0 unspecified atom stereocenters. The first-order valence-electron chi connectivity index (χ1n) is 6.73. The van der Waals surface area contributed by atoms with Crippen LogP contribution in [-0.2, 0) is 16.6 Å². The molecule has 0 fully saturated rings. The summed E-state index contributed by atoms with van der Waals surface area (Å²) in [5.74, 6) is -0.259. The van der Waals surface area contributed by atoms with Crippen LogP contribution in [0.5, 0.6) is 0 Å². The molecular weight excluding hydrogens is 356 g/mol. The number of rotatable bonds is 5. The van der Waals surface area contributed by atoms with Crippen LogP contribution in [0.4, 0.5) is 0 Å². The van der Waals surface area contributed by atoms with Gasteiger partial charge in [-0.25, -0.2) is 12.7 Å². The van der Waals surface area contributed by atoms with Gasteiger partial charge in [0.2, 0.25) is 10.0 Å². The maximum Gasteiger partial charge on any atom is 0.253 e. The quantitative estimate of drug-likeness (QED) is 0.810. The summed E-state index contributed by atoms with van der Waals surface area (Å²) in [6.07, 6.45) is 0. The Kier molecular flexibility index (Phi) is 5.46. The minimum Gasteiger partial charge on any atom is -0.337 e. The van der Waals surface area contributed by atoms with Crippen molar-refractivity contribution in [2.24, 2.45) is 0 Å². The highest BCUT2D eigenvalue weighted by atomic mass is 35.5. The molecule has 0 radical (unpaired) electrons. The topological polar surface area (TPSA) is 57.7 Å². The fourth-order valence-electron chi connectivity index (χ4n) is 1.96. The van der Waals surface area contributed by atoms with Gasteiger partial charge in [0.05, 0.1) is 11.6 Å². The fraction of sp³-hybridized carbons (Fsp3) is 0.267. The van der Waals surface area contributed by atoms with Crippen molar-refractivity contribution in [3.8, 4) is 0 Å². The summed E-state index contributed by atoms with van der Waals surface area (Å²) in [7, 11) is 0.810. The van der Waals surface area contributed by atoms with E-state index in [2.05, 4.69) is 0 Å². The van der Waals surface area contributed by atoms with E-state index in [9.17, 15) is 13.2 Å². The zero-order valence-electron chi connectivity index (χ0n) is 13.0. The molecule has 0 bridgehead atoms. The van der Waals surface area contributed by atoms with Gasteiger partial charge >= 0.3 is 0 Å². The third-order valence-electron chi connectivity index (χ3n) is 3.26. The molecule has 0 N–H and O–H groups in total. The predicted molar refractivity (Wildman–Crippen MR) is 92.4 cm³/mol. The zero-order chi connectivity index (χ0) is 17.2. The van der Waals surface area contributed by atoms with Crippen LogP contribution in [0, 0.1) is 0 Å². The molecule has 1 aromatic carbocycles. The molecule has 0 aliphatic heterocycles. The lowest BCUT2D eigenvalue weighted by molar-refractivity contribution is 0.0786. The minimum absolute atomic E-state index is 0.0699. The largest absolute Gasteiger partial charge is 0.337 e. The van der Waals surface area contributed by atoms with Crippen LogP contribution in [-0.4, -0.2) is 44.7 Å². The molecule has 0 aliphatic rings. The van der Waals surface area contributed by atoms with Crippen LogP contribution in [0.15, 0.2) is 40.6 Å². The number of benzene rings is 1. The summed E-state index contributed by atoms with van der Waals surface area (Å²) in [5, 5.41) is 2.04. The van der Waals surface area contributed by atoms with Gasteiger partial charge in [0.25, 0.3) is 5.91 Å². The molecule has 23 heavy (non-hydrogen) atoms. The van der Waals surface area contributed by atoms with Gasteiger partial charge in [0.1, 0.15) is 4.90 Å². The van der Waals surface area contributed by atoms with Crippen molar-refractivity contribution in [2.75, 3.05) is 21.1 Å². The predicted octanol–water partition coefficient (Wildman–Crippen LogP) is 2.92. The van der Waals surface area contributed by atoms with Crippen molar-refractivity contribution in [3.05, 3.63) is 51.2 Å². The third-order valence-corrected chi connectivity index (χ3v) is 6.41. The zero-order valence-corrected chi connectivity index (χ0v) is 15.4. The molecule has 1 heterocycles. The van der Waals surface area contributed by atoms with E-state index in [0.29, 0.717) is 6.54 Å². The first-order chi connectivity index (χ1) is 10.7. The van der Waals surface area contributed by atoms with E-state index in [1.807, 2.05) is 17.5 Å². The maximum atomic E-state index is 12.5. The average Bonchev–Trinajstić information content (AvgIpc) is 2.99. The molecule has 1 aromatic heterocycles. The van der Waals surface area contributed by atoms with Gasteiger partial charge in [-0.2, -0.15) is 0 Å². The lowest BCUT2D eigenvalue weighted by Crippen LogP contribution is -2.27. The van der Waals surface area contributed by atoms with Crippen molar-refractivity contribution in [1.82, 2.24) is 9.21 Å². The molecule has 1 amide bonds. The third kappa shape index (κ3) is 3.92. The normalized spacial score (nSPS) is 11.7. The lowest BCUT2D eigenvalue weighted by Gasteiger charge is -2.18. The van der Waals surface area contributed by atoms with Crippen LogP contribution >= 0.6 is 22.9 Å². The van der Waals surface area contributed by atoms with Crippen molar-refractivity contribution in [3.63, 3.8) is 0 Å².